The fraction of sp³-hybridized carbons (Fsp3) is 0.417. The van der Waals surface area contributed by atoms with Crippen molar-refractivity contribution in [1.82, 2.24) is 4.90 Å². The Morgan fingerprint density at radius 2 is 2.29 bits per heavy atom. The number of amides is 1. The minimum Gasteiger partial charge on any atom is -0.495 e. The van der Waals surface area contributed by atoms with Crippen LogP contribution in [0.5, 0.6) is 5.75 Å². The van der Waals surface area contributed by atoms with Gasteiger partial charge < -0.3 is 15.4 Å². The number of ether oxygens (including phenoxy) is 1. The second-order valence-corrected chi connectivity index (χ2v) is 4.38. The number of hydrogen-bond donors (Lipinski definition) is 1. The average molecular weight is 255 g/mol. The maximum absolute atomic E-state index is 12.1. The van der Waals surface area contributed by atoms with Crippen LogP contribution >= 0.6 is 11.6 Å². The molecule has 92 valence electrons. The Hall–Kier alpha value is -1.26. The summed E-state index contributed by atoms with van der Waals surface area (Å²) in [4.78, 5) is 13.9. The molecule has 2 rings (SSSR count). The van der Waals surface area contributed by atoms with Crippen LogP contribution in [0.1, 0.15) is 15.9 Å². The van der Waals surface area contributed by atoms with Gasteiger partial charge in [0.05, 0.1) is 12.1 Å². The molecule has 0 atom stereocenters. The van der Waals surface area contributed by atoms with Gasteiger partial charge in [-0.15, -0.1) is 0 Å². The van der Waals surface area contributed by atoms with Crippen molar-refractivity contribution >= 4 is 17.5 Å². The summed E-state index contributed by atoms with van der Waals surface area (Å²) in [6.45, 7) is 1.76. The average Bonchev–Trinajstić information content (AvgIpc) is 2.33. The van der Waals surface area contributed by atoms with E-state index in [9.17, 15) is 4.79 Å². The summed E-state index contributed by atoms with van der Waals surface area (Å²) in [5.74, 6) is 0.617. The third kappa shape index (κ3) is 2.23. The van der Waals surface area contributed by atoms with E-state index in [1.807, 2.05) is 6.07 Å². The zero-order chi connectivity index (χ0) is 12.4. The molecule has 5 heteroatoms. The van der Waals surface area contributed by atoms with Crippen LogP contribution in [0.4, 0.5) is 0 Å². The van der Waals surface area contributed by atoms with Crippen LogP contribution in [0.2, 0.25) is 5.02 Å². The Kier molecular flexibility index (Phi) is 3.54. The number of methoxy groups -OCH3 is 1. The number of carbonyl (C=O) groups is 1. The van der Waals surface area contributed by atoms with Gasteiger partial charge in [-0.2, -0.15) is 0 Å². The van der Waals surface area contributed by atoms with Crippen molar-refractivity contribution in [3.63, 3.8) is 0 Å². The molecule has 0 fully saturated rings. The van der Waals surface area contributed by atoms with Crippen LogP contribution in [0.3, 0.4) is 0 Å². The third-order valence-corrected chi connectivity index (χ3v) is 3.24. The van der Waals surface area contributed by atoms with E-state index in [1.54, 1.807) is 18.1 Å². The monoisotopic (exact) mass is 254 g/mol. The lowest BCUT2D eigenvalue weighted by molar-refractivity contribution is 0.0744. The number of nitrogens with zero attached hydrogens (tertiary/aromatic N) is 1. The van der Waals surface area contributed by atoms with Gasteiger partial charge in [0, 0.05) is 25.2 Å². The van der Waals surface area contributed by atoms with E-state index in [0.29, 0.717) is 36.0 Å². The van der Waals surface area contributed by atoms with Crippen LogP contribution in [0.15, 0.2) is 12.1 Å². The Bertz CT molecular complexity index is 448. The lowest BCUT2D eigenvalue weighted by atomic mass is 9.98. The number of fused-ring (bicyclic) bond motifs is 1. The summed E-state index contributed by atoms with van der Waals surface area (Å²) >= 11 is 6.03. The Morgan fingerprint density at radius 3 is 2.94 bits per heavy atom. The van der Waals surface area contributed by atoms with Crippen molar-refractivity contribution in [3.05, 3.63) is 28.3 Å². The maximum Gasteiger partial charge on any atom is 0.254 e. The zero-order valence-corrected chi connectivity index (χ0v) is 10.5. The minimum absolute atomic E-state index is 0.00116. The molecule has 17 heavy (non-hydrogen) atoms. The highest BCUT2D eigenvalue weighted by Gasteiger charge is 2.25. The van der Waals surface area contributed by atoms with E-state index in [4.69, 9.17) is 22.1 Å². The maximum atomic E-state index is 12.1. The van der Waals surface area contributed by atoms with Gasteiger partial charge in [0.15, 0.2) is 0 Å². The number of benzene rings is 1. The fourth-order valence-electron chi connectivity index (χ4n) is 2.05. The fourth-order valence-corrected chi connectivity index (χ4v) is 2.30. The van der Waals surface area contributed by atoms with Gasteiger partial charge in [-0.3, -0.25) is 4.79 Å². The number of nitrogens with two attached hydrogens (primary N) is 1. The van der Waals surface area contributed by atoms with E-state index < -0.39 is 0 Å². The zero-order valence-electron chi connectivity index (χ0n) is 9.70. The predicted octanol–water partition coefficient (Wildman–Crippen LogP) is 1.31. The molecule has 1 heterocycles. The SMILES string of the molecule is COc1cc2c(cc1Cl)C(=O)N(CCN)CC2. The molecule has 1 aliphatic rings. The first-order valence-corrected chi connectivity index (χ1v) is 5.91. The summed E-state index contributed by atoms with van der Waals surface area (Å²) in [5, 5.41) is 0.467. The van der Waals surface area contributed by atoms with Crippen molar-refractivity contribution in [1.29, 1.82) is 0 Å². The summed E-state index contributed by atoms with van der Waals surface area (Å²) in [6, 6.07) is 3.52. The minimum atomic E-state index is 0.00116. The molecule has 0 unspecified atom stereocenters. The topological polar surface area (TPSA) is 55.6 Å². The second-order valence-electron chi connectivity index (χ2n) is 3.97. The number of hydrogen-bond acceptors (Lipinski definition) is 3. The molecule has 0 bridgehead atoms. The molecular weight excluding hydrogens is 240 g/mol. The molecule has 0 saturated heterocycles. The van der Waals surface area contributed by atoms with Gasteiger partial charge in [-0.05, 0) is 24.1 Å². The molecule has 1 aliphatic heterocycles. The molecule has 2 N–H and O–H groups in total. The predicted molar refractivity (Wildman–Crippen MR) is 66.7 cm³/mol. The Morgan fingerprint density at radius 1 is 1.53 bits per heavy atom. The van der Waals surface area contributed by atoms with Gasteiger partial charge in [-0.25, -0.2) is 0 Å². The molecule has 1 aromatic rings. The molecule has 0 aromatic heterocycles. The molecular formula is C12H15ClN2O2. The normalized spacial score (nSPS) is 14.8. The van der Waals surface area contributed by atoms with E-state index in [1.165, 1.54) is 0 Å². The first-order chi connectivity index (χ1) is 8.17. The highest BCUT2D eigenvalue weighted by molar-refractivity contribution is 6.32. The molecule has 1 amide bonds. The second kappa shape index (κ2) is 4.94. The highest BCUT2D eigenvalue weighted by atomic mass is 35.5. The van der Waals surface area contributed by atoms with Gasteiger partial charge in [0.1, 0.15) is 5.75 Å². The van der Waals surface area contributed by atoms with Crippen LogP contribution in [-0.2, 0) is 6.42 Å². The standard InChI is InChI=1S/C12H15ClN2O2/c1-17-11-6-8-2-4-15(5-3-14)12(16)9(8)7-10(11)13/h6-7H,2-5,14H2,1H3. The highest BCUT2D eigenvalue weighted by Crippen LogP contribution is 2.31. The van der Waals surface area contributed by atoms with Crippen LogP contribution in [0.25, 0.3) is 0 Å². The van der Waals surface area contributed by atoms with Crippen molar-refractivity contribution in [2.24, 2.45) is 5.73 Å². The van der Waals surface area contributed by atoms with E-state index >= 15 is 0 Å². The Balaban J connectivity index is 2.36. The van der Waals surface area contributed by atoms with Crippen LogP contribution in [-0.4, -0.2) is 37.6 Å². The van der Waals surface area contributed by atoms with Gasteiger partial charge in [-0.1, -0.05) is 11.6 Å². The quantitative estimate of drug-likeness (QED) is 0.885. The molecule has 0 saturated carbocycles. The summed E-state index contributed by atoms with van der Waals surface area (Å²) in [7, 11) is 1.57. The van der Waals surface area contributed by atoms with Crippen molar-refractivity contribution < 1.29 is 9.53 Å². The van der Waals surface area contributed by atoms with Crippen molar-refractivity contribution in [3.8, 4) is 5.75 Å². The number of halogens is 1. The molecule has 0 radical (unpaired) electrons. The number of rotatable bonds is 3. The van der Waals surface area contributed by atoms with Gasteiger partial charge in [0.2, 0.25) is 0 Å². The Labute approximate surface area is 105 Å². The molecule has 4 nitrogen and oxygen atoms in total. The summed E-state index contributed by atoms with van der Waals surface area (Å²) < 4.78 is 5.14. The van der Waals surface area contributed by atoms with Crippen molar-refractivity contribution in [2.45, 2.75) is 6.42 Å². The molecule has 0 aliphatic carbocycles. The first-order valence-electron chi connectivity index (χ1n) is 5.53. The molecule has 0 spiro atoms. The summed E-state index contributed by atoms with van der Waals surface area (Å²) in [6.07, 6.45) is 0.814. The van der Waals surface area contributed by atoms with Crippen LogP contribution < -0.4 is 10.5 Å². The van der Waals surface area contributed by atoms with E-state index in [-0.39, 0.29) is 5.91 Å². The number of carbonyl (C=O) groups excluding carboxylic acids is 1. The lowest BCUT2D eigenvalue weighted by Gasteiger charge is -2.28. The largest absolute Gasteiger partial charge is 0.495 e. The third-order valence-electron chi connectivity index (χ3n) is 2.95. The summed E-state index contributed by atoms with van der Waals surface area (Å²) in [5.41, 5.74) is 7.13. The molecule has 1 aromatic carbocycles. The van der Waals surface area contributed by atoms with Crippen molar-refractivity contribution in [2.75, 3.05) is 26.7 Å². The van der Waals surface area contributed by atoms with Crippen LogP contribution in [0, 0.1) is 0 Å². The van der Waals surface area contributed by atoms with Gasteiger partial charge in [0.25, 0.3) is 5.91 Å². The first kappa shape index (κ1) is 12.2. The van der Waals surface area contributed by atoms with Gasteiger partial charge >= 0.3 is 0 Å². The smallest absolute Gasteiger partial charge is 0.254 e. The lowest BCUT2D eigenvalue weighted by Crippen LogP contribution is -2.40. The van der Waals surface area contributed by atoms with E-state index in [0.717, 1.165) is 12.0 Å². The van der Waals surface area contributed by atoms with E-state index in [2.05, 4.69) is 0 Å².